The molecule has 0 amide bonds. The van der Waals surface area contributed by atoms with Crippen LogP contribution in [0.1, 0.15) is 38.5 Å². The van der Waals surface area contributed by atoms with Gasteiger partial charge in [-0.1, -0.05) is 13.8 Å². The predicted molar refractivity (Wildman–Crippen MR) is 61.4 cm³/mol. The molecule has 0 bridgehead atoms. The van der Waals surface area contributed by atoms with Crippen molar-refractivity contribution in [1.82, 2.24) is 10.1 Å². The molecule has 2 atom stereocenters. The van der Waals surface area contributed by atoms with E-state index >= 15 is 0 Å². The van der Waals surface area contributed by atoms with Gasteiger partial charge >= 0.3 is 0 Å². The molecule has 0 N–H and O–H groups in total. The predicted octanol–water partition coefficient (Wildman–Crippen LogP) is 1.93. The monoisotopic (exact) mass is 232 g/mol. The third-order valence-electron chi connectivity index (χ3n) is 4.05. The number of nitriles is 1. The molecule has 17 heavy (non-hydrogen) atoms. The molecular formula is C12H16N4O. The number of hydrogen-bond acceptors (Lipinski definition) is 5. The van der Waals surface area contributed by atoms with Crippen LogP contribution in [-0.2, 0) is 0 Å². The summed E-state index contributed by atoms with van der Waals surface area (Å²) in [6, 6.07) is 2.32. The largest absolute Gasteiger partial charge is 0.338 e. The molecule has 0 radical (unpaired) electrons. The SMILES string of the molecule is CC1(C)C(C#N)C1c1nc(N2CCCC2)no1. The Balaban J connectivity index is 1.80. The summed E-state index contributed by atoms with van der Waals surface area (Å²) in [6.45, 7) is 6.17. The summed E-state index contributed by atoms with van der Waals surface area (Å²) in [5.74, 6) is 1.44. The fourth-order valence-corrected chi connectivity index (χ4v) is 2.74. The van der Waals surface area contributed by atoms with E-state index in [1.807, 2.05) is 0 Å². The highest BCUT2D eigenvalue weighted by Crippen LogP contribution is 2.63. The summed E-state index contributed by atoms with van der Waals surface area (Å²) in [6.07, 6.45) is 2.39. The maximum atomic E-state index is 9.04. The number of hydrogen-bond donors (Lipinski definition) is 0. The summed E-state index contributed by atoms with van der Waals surface area (Å²) < 4.78 is 5.31. The fourth-order valence-electron chi connectivity index (χ4n) is 2.74. The van der Waals surface area contributed by atoms with E-state index in [1.165, 1.54) is 12.8 Å². The molecule has 2 aliphatic rings. The zero-order valence-electron chi connectivity index (χ0n) is 10.2. The Morgan fingerprint density at radius 3 is 2.71 bits per heavy atom. The number of nitrogens with zero attached hydrogens (tertiary/aromatic N) is 4. The molecule has 1 saturated carbocycles. The highest BCUT2D eigenvalue weighted by molar-refractivity contribution is 5.33. The minimum Gasteiger partial charge on any atom is -0.338 e. The lowest BCUT2D eigenvalue weighted by atomic mass is 10.1. The molecule has 1 aliphatic carbocycles. The van der Waals surface area contributed by atoms with Crippen LogP contribution in [0.2, 0.25) is 0 Å². The van der Waals surface area contributed by atoms with Crippen LogP contribution < -0.4 is 4.90 Å². The van der Waals surface area contributed by atoms with Crippen molar-refractivity contribution in [2.24, 2.45) is 11.3 Å². The van der Waals surface area contributed by atoms with Gasteiger partial charge in [-0.05, 0) is 23.4 Å². The Morgan fingerprint density at radius 1 is 1.41 bits per heavy atom. The van der Waals surface area contributed by atoms with E-state index in [1.54, 1.807) is 0 Å². The third-order valence-corrected chi connectivity index (χ3v) is 4.05. The molecular weight excluding hydrogens is 216 g/mol. The van der Waals surface area contributed by atoms with Gasteiger partial charge in [0, 0.05) is 13.1 Å². The lowest BCUT2D eigenvalue weighted by molar-refractivity contribution is 0.367. The maximum Gasteiger partial charge on any atom is 0.266 e. The highest BCUT2D eigenvalue weighted by atomic mass is 16.5. The van der Waals surface area contributed by atoms with Crippen molar-refractivity contribution in [2.75, 3.05) is 18.0 Å². The van der Waals surface area contributed by atoms with Crippen molar-refractivity contribution in [1.29, 1.82) is 5.26 Å². The second-order valence-electron chi connectivity index (χ2n) is 5.53. The van der Waals surface area contributed by atoms with Crippen molar-refractivity contribution >= 4 is 5.95 Å². The molecule has 90 valence electrons. The minimum atomic E-state index is -0.0242. The molecule has 0 aromatic carbocycles. The first-order valence-electron chi connectivity index (χ1n) is 6.13. The molecule has 2 unspecified atom stereocenters. The van der Waals surface area contributed by atoms with Gasteiger partial charge in [0.15, 0.2) is 0 Å². The van der Waals surface area contributed by atoms with E-state index in [0.29, 0.717) is 11.8 Å². The number of anilines is 1. The molecule has 2 fully saturated rings. The van der Waals surface area contributed by atoms with E-state index in [9.17, 15) is 0 Å². The molecule has 5 nitrogen and oxygen atoms in total. The average Bonchev–Trinajstić information content (AvgIpc) is 2.79. The van der Waals surface area contributed by atoms with Gasteiger partial charge in [-0.2, -0.15) is 10.2 Å². The third kappa shape index (κ3) is 1.51. The number of aromatic nitrogens is 2. The highest BCUT2D eigenvalue weighted by Gasteiger charge is 2.62. The van der Waals surface area contributed by atoms with Gasteiger partial charge in [0.25, 0.3) is 5.95 Å². The Morgan fingerprint density at radius 2 is 2.12 bits per heavy atom. The quantitative estimate of drug-likeness (QED) is 0.779. The van der Waals surface area contributed by atoms with Gasteiger partial charge in [0.05, 0.1) is 17.9 Å². The number of rotatable bonds is 2. The van der Waals surface area contributed by atoms with Gasteiger partial charge in [-0.25, -0.2) is 0 Å². The van der Waals surface area contributed by atoms with Crippen molar-refractivity contribution in [3.05, 3.63) is 5.89 Å². The zero-order chi connectivity index (χ0) is 12.0. The summed E-state index contributed by atoms with van der Waals surface area (Å²) in [7, 11) is 0. The first kappa shape index (κ1) is 10.6. The first-order chi connectivity index (χ1) is 8.14. The normalized spacial score (nSPS) is 30.3. The summed E-state index contributed by atoms with van der Waals surface area (Å²) in [4.78, 5) is 6.59. The molecule has 1 aliphatic heterocycles. The zero-order valence-corrected chi connectivity index (χ0v) is 10.2. The summed E-state index contributed by atoms with van der Waals surface area (Å²) >= 11 is 0. The van der Waals surface area contributed by atoms with E-state index in [0.717, 1.165) is 13.1 Å². The van der Waals surface area contributed by atoms with E-state index in [2.05, 4.69) is 35.0 Å². The molecule has 1 aromatic rings. The molecule has 2 heterocycles. The second kappa shape index (κ2) is 3.46. The van der Waals surface area contributed by atoms with Crippen LogP contribution in [0, 0.1) is 22.7 Å². The minimum absolute atomic E-state index is 0.00868. The van der Waals surface area contributed by atoms with Gasteiger partial charge in [0.1, 0.15) is 0 Å². The topological polar surface area (TPSA) is 66.0 Å². The Bertz CT molecular complexity index is 467. The van der Waals surface area contributed by atoms with Gasteiger partial charge in [0.2, 0.25) is 5.89 Å². The van der Waals surface area contributed by atoms with Crippen molar-refractivity contribution < 1.29 is 4.52 Å². The van der Waals surface area contributed by atoms with Crippen LogP contribution in [0.25, 0.3) is 0 Å². The van der Waals surface area contributed by atoms with Gasteiger partial charge in [-0.3, -0.25) is 0 Å². The smallest absolute Gasteiger partial charge is 0.266 e. The van der Waals surface area contributed by atoms with E-state index in [-0.39, 0.29) is 17.3 Å². The lowest BCUT2D eigenvalue weighted by Gasteiger charge is -2.09. The molecule has 3 rings (SSSR count). The average molecular weight is 232 g/mol. The fraction of sp³-hybridized carbons (Fsp3) is 0.750. The van der Waals surface area contributed by atoms with Crippen LogP contribution >= 0.6 is 0 Å². The Hall–Kier alpha value is -1.57. The summed E-state index contributed by atoms with van der Waals surface area (Å²) in [5, 5.41) is 13.1. The van der Waals surface area contributed by atoms with Crippen LogP contribution in [0.3, 0.4) is 0 Å². The Labute approximate surface area is 100 Å². The molecule has 0 spiro atoms. The maximum absolute atomic E-state index is 9.04. The van der Waals surface area contributed by atoms with Crippen molar-refractivity contribution in [3.63, 3.8) is 0 Å². The van der Waals surface area contributed by atoms with Crippen molar-refractivity contribution in [3.8, 4) is 6.07 Å². The van der Waals surface area contributed by atoms with E-state index < -0.39 is 0 Å². The van der Waals surface area contributed by atoms with Crippen LogP contribution in [0.4, 0.5) is 5.95 Å². The van der Waals surface area contributed by atoms with E-state index in [4.69, 9.17) is 9.78 Å². The van der Waals surface area contributed by atoms with Crippen molar-refractivity contribution in [2.45, 2.75) is 32.6 Å². The lowest BCUT2D eigenvalue weighted by Crippen LogP contribution is -2.18. The van der Waals surface area contributed by atoms with Gasteiger partial charge in [-0.15, -0.1) is 0 Å². The second-order valence-corrected chi connectivity index (χ2v) is 5.53. The molecule has 1 aromatic heterocycles. The van der Waals surface area contributed by atoms with Crippen LogP contribution in [0.5, 0.6) is 0 Å². The van der Waals surface area contributed by atoms with Crippen LogP contribution in [-0.4, -0.2) is 23.2 Å². The Kier molecular flexibility index (Phi) is 2.15. The molecule has 5 heteroatoms. The van der Waals surface area contributed by atoms with Gasteiger partial charge < -0.3 is 9.42 Å². The first-order valence-corrected chi connectivity index (χ1v) is 6.13. The van der Waals surface area contributed by atoms with Crippen LogP contribution in [0.15, 0.2) is 4.52 Å². The summed E-state index contributed by atoms with van der Waals surface area (Å²) in [5.41, 5.74) is -0.0242. The standard InChI is InChI=1S/C12H16N4O/c1-12(2)8(7-13)9(12)10-14-11(15-17-10)16-5-3-4-6-16/h8-9H,3-6H2,1-2H3. The molecule has 1 saturated heterocycles.